The zero-order valence-electron chi connectivity index (χ0n) is 20.9. The summed E-state index contributed by atoms with van der Waals surface area (Å²) in [6.07, 6.45) is 2.23. The van der Waals surface area contributed by atoms with Crippen LogP contribution in [-0.4, -0.2) is 75.0 Å². The van der Waals surface area contributed by atoms with Crippen LogP contribution in [0.2, 0.25) is 0 Å². The van der Waals surface area contributed by atoms with Gasteiger partial charge in [0.25, 0.3) is 0 Å². The average Bonchev–Trinajstić information content (AvgIpc) is 2.82. The maximum absolute atomic E-state index is 12.7. The van der Waals surface area contributed by atoms with Crippen LogP contribution in [0.5, 0.6) is 0 Å². The lowest BCUT2D eigenvalue weighted by Crippen LogP contribution is -2.49. The predicted octanol–water partition coefficient (Wildman–Crippen LogP) is 2.73. The first-order chi connectivity index (χ1) is 16.3. The van der Waals surface area contributed by atoms with Crippen LogP contribution >= 0.6 is 0 Å². The molecule has 7 heteroatoms. The number of likely N-dealkylation sites (N-methyl/N-ethyl adjacent to an activating group) is 1. The molecule has 0 aliphatic carbocycles. The number of rotatable bonds is 5. The van der Waals surface area contributed by atoms with Crippen molar-refractivity contribution in [3.8, 4) is 0 Å². The third kappa shape index (κ3) is 5.59. The van der Waals surface area contributed by atoms with Gasteiger partial charge in [-0.25, -0.2) is 0 Å². The molecule has 1 atom stereocenters. The quantitative estimate of drug-likeness (QED) is 0.668. The van der Waals surface area contributed by atoms with Gasteiger partial charge in [0.1, 0.15) is 0 Å². The van der Waals surface area contributed by atoms with Crippen molar-refractivity contribution in [1.82, 2.24) is 15.1 Å². The second kappa shape index (κ2) is 10.6. The highest BCUT2D eigenvalue weighted by Gasteiger charge is 2.27. The molecule has 4 rings (SSSR count). The minimum atomic E-state index is -0.627. The Kier molecular flexibility index (Phi) is 7.54. The Hall–Kier alpha value is -2.90. The molecule has 182 valence electrons. The van der Waals surface area contributed by atoms with Crippen molar-refractivity contribution in [3.05, 3.63) is 58.7 Å². The summed E-state index contributed by atoms with van der Waals surface area (Å²) in [7, 11) is 4.28. The van der Waals surface area contributed by atoms with Crippen molar-refractivity contribution in [3.63, 3.8) is 0 Å². The van der Waals surface area contributed by atoms with E-state index in [0.29, 0.717) is 12.2 Å². The summed E-state index contributed by atoms with van der Waals surface area (Å²) in [6.45, 7) is 9.22. The molecule has 0 bridgehead atoms. The van der Waals surface area contributed by atoms with E-state index in [-0.39, 0.29) is 6.04 Å². The van der Waals surface area contributed by atoms with Crippen molar-refractivity contribution < 1.29 is 9.59 Å². The second-order valence-corrected chi connectivity index (χ2v) is 9.75. The first-order valence-corrected chi connectivity index (χ1v) is 12.2. The zero-order chi connectivity index (χ0) is 24.2. The summed E-state index contributed by atoms with van der Waals surface area (Å²) in [5, 5.41) is 5.68. The molecule has 7 nitrogen and oxygen atoms in total. The standard InChI is InChI=1S/C27H37N5O2/c1-19-7-8-20(2)23(16-19)29-27(34)26(33)28-18-25(32-14-12-30(3)13-15-32)22-9-10-24-21(17-22)6-5-11-31(24)4/h7-10,16-17,25H,5-6,11-15,18H2,1-4H3,(H,28,33)(H,29,34). The molecule has 0 radical (unpaired) electrons. The molecule has 2 amide bonds. The van der Waals surface area contributed by atoms with Crippen LogP contribution in [0, 0.1) is 13.8 Å². The van der Waals surface area contributed by atoms with E-state index < -0.39 is 11.8 Å². The molecule has 2 aliphatic heterocycles. The lowest BCUT2D eigenvalue weighted by Gasteiger charge is -2.39. The minimum absolute atomic E-state index is 0.0312. The van der Waals surface area contributed by atoms with Crippen LogP contribution in [0.25, 0.3) is 0 Å². The average molecular weight is 464 g/mol. The van der Waals surface area contributed by atoms with E-state index in [9.17, 15) is 9.59 Å². The van der Waals surface area contributed by atoms with Crippen LogP contribution in [0.1, 0.15) is 34.7 Å². The van der Waals surface area contributed by atoms with Crippen molar-refractivity contribution >= 4 is 23.2 Å². The van der Waals surface area contributed by atoms with E-state index in [1.54, 1.807) is 0 Å². The van der Waals surface area contributed by atoms with Crippen LogP contribution in [-0.2, 0) is 16.0 Å². The lowest BCUT2D eigenvalue weighted by atomic mass is 9.95. The Morgan fingerprint density at radius 1 is 0.941 bits per heavy atom. The number of aryl methyl sites for hydroxylation is 3. The van der Waals surface area contributed by atoms with E-state index in [4.69, 9.17) is 0 Å². The van der Waals surface area contributed by atoms with Gasteiger partial charge in [-0.05, 0) is 68.1 Å². The van der Waals surface area contributed by atoms with Crippen LogP contribution in [0.3, 0.4) is 0 Å². The molecular formula is C27H37N5O2. The van der Waals surface area contributed by atoms with Gasteiger partial charge >= 0.3 is 11.8 Å². The number of fused-ring (bicyclic) bond motifs is 1. The largest absolute Gasteiger partial charge is 0.374 e. The van der Waals surface area contributed by atoms with Crippen molar-refractivity contribution in [2.24, 2.45) is 0 Å². The van der Waals surface area contributed by atoms with E-state index in [1.807, 2.05) is 32.0 Å². The van der Waals surface area contributed by atoms with E-state index in [1.165, 1.54) is 16.8 Å². The number of hydrogen-bond donors (Lipinski definition) is 2. The smallest absolute Gasteiger partial charge is 0.313 e. The van der Waals surface area contributed by atoms with E-state index in [0.717, 1.165) is 56.7 Å². The Morgan fingerprint density at radius 2 is 1.71 bits per heavy atom. The predicted molar refractivity (Wildman–Crippen MR) is 137 cm³/mol. The third-order valence-corrected chi connectivity index (χ3v) is 7.12. The van der Waals surface area contributed by atoms with Gasteiger partial charge in [0.15, 0.2) is 0 Å². The summed E-state index contributed by atoms with van der Waals surface area (Å²) in [4.78, 5) is 32.4. The molecule has 1 fully saturated rings. The topological polar surface area (TPSA) is 67.9 Å². The van der Waals surface area contributed by atoms with Crippen LogP contribution in [0.4, 0.5) is 11.4 Å². The fourth-order valence-corrected chi connectivity index (χ4v) is 4.92. The van der Waals surface area contributed by atoms with Gasteiger partial charge in [0.05, 0.1) is 6.04 Å². The lowest BCUT2D eigenvalue weighted by molar-refractivity contribution is -0.136. The molecule has 0 spiro atoms. The van der Waals surface area contributed by atoms with Crippen molar-refractivity contribution in [1.29, 1.82) is 0 Å². The van der Waals surface area contributed by atoms with E-state index in [2.05, 4.69) is 57.6 Å². The molecule has 34 heavy (non-hydrogen) atoms. The summed E-state index contributed by atoms with van der Waals surface area (Å²) >= 11 is 0. The van der Waals surface area contributed by atoms with E-state index >= 15 is 0 Å². The Balaban J connectivity index is 1.48. The van der Waals surface area contributed by atoms with Gasteiger partial charge in [-0.3, -0.25) is 14.5 Å². The van der Waals surface area contributed by atoms with Gasteiger partial charge in [0, 0.05) is 57.7 Å². The fraction of sp³-hybridized carbons (Fsp3) is 0.481. The Morgan fingerprint density at radius 3 is 2.47 bits per heavy atom. The summed E-state index contributed by atoms with van der Waals surface area (Å²) < 4.78 is 0. The van der Waals surface area contributed by atoms with Crippen LogP contribution < -0.4 is 15.5 Å². The number of nitrogens with zero attached hydrogens (tertiary/aromatic N) is 3. The number of hydrogen-bond acceptors (Lipinski definition) is 5. The highest BCUT2D eigenvalue weighted by Crippen LogP contribution is 2.31. The molecule has 2 aromatic carbocycles. The van der Waals surface area contributed by atoms with Crippen molar-refractivity contribution in [2.75, 3.05) is 63.6 Å². The maximum Gasteiger partial charge on any atom is 0.313 e. The molecule has 2 aliphatic rings. The molecule has 0 aromatic heterocycles. The fourth-order valence-electron chi connectivity index (χ4n) is 4.92. The number of carbonyl (C=O) groups excluding carboxylic acids is 2. The normalized spacial score (nSPS) is 17.7. The van der Waals surface area contributed by atoms with Gasteiger partial charge < -0.3 is 20.4 Å². The summed E-state index contributed by atoms with van der Waals surface area (Å²) in [5.74, 6) is -1.23. The third-order valence-electron chi connectivity index (χ3n) is 7.12. The maximum atomic E-state index is 12.7. The summed E-state index contributed by atoms with van der Waals surface area (Å²) in [5.41, 5.74) is 6.51. The first-order valence-electron chi connectivity index (χ1n) is 12.2. The number of anilines is 2. The van der Waals surface area contributed by atoms with Crippen LogP contribution in [0.15, 0.2) is 36.4 Å². The zero-order valence-corrected chi connectivity index (χ0v) is 20.9. The number of piperazine rings is 1. The number of amides is 2. The Bertz CT molecular complexity index is 1050. The monoisotopic (exact) mass is 463 g/mol. The van der Waals surface area contributed by atoms with Gasteiger partial charge in [0.2, 0.25) is 0 Å². The van der Waals surface area contributed by atoms with Gasteiger partial charge in [-0.15, -0.1) is 0 Å². The molecular weight excluding hydrogens is 426 g/mol. The molecule has 1 saturated heterocycles. The highest BCUT2D eigenvalue weighted by molar-refractivity contribution is 6.39. The molecule has 0 saturated carbocycles. The number of carbonyl (C=O) groups is 2. The van der Waals surface area contributed by atoms with Gasteiger partial charge in [-0.1, -0.05) is 24.3 Å². The minimum Gasteiger partial charge on any atom is -0.374 e. The SMILES string of the molecule is Cc1ccc(C)c(NC(=O)C(=O)NCC(c2ccc3c(c2)CCCN3C)N2CCN(C)CC2)c1. The second-order valence-electron chi connectivity index (χ2n) is 9.75. The number of benzene rings is 2. The van der Waals surface area contributed by atoms with Crippen molar-refractivity contribution in [2.45, 2.75) is 32.7 Å². The molecule has 2 N–H and O–H groups in total. The summed E-state index contributed by atoms with van der Waals surface area (Å²) in [6, 6.07) is 12.5. The Labute approximate surface area is 203 Å². The number of nitrogens with one attached hydrogen (secondary N) is 2. The molecule has 1 unspecified atom stereocenters. The van der Waals surface area contributed by atoms with Gasteiger partial charge in [-0.2, -0.15) is 0 Å². The molecule has 2 aromatic rings. The first kappa shape index (κ1) is 24.2. The molecule has 2 heterocycles. The highest BCUT2D eigenvalue weighted by atomic mass is 16.2.